The van der Waals surface area contributed by atoms with Crippen molar-refractivity contribution < 1.29 is 13.9 Å². The third kappa shape index (κ3) is 2.84. The zero-order valence-corrected chi connectivity index (χ0v) is 12.7. The number of ether oxygens (including phenoxy) is 1. The summed E-state index contributed by atoms with van der Waals surface area (Å²) in [5.41, 5.74) is 0.542. The lowest BCUT2D eigenvalue weighted by Gasteiger charge is -2.06. The Morgan fingerprint density at radius 2 is 2.06 bits per heavy atom. The summed E-state index contributed by atoms with van der Waals surface area (Å²) in [6, 6.07) is 8.58. The number of ketones is 1. The van der Waals surface area contributed by atoms with Crippen LogP contribution in [0, 0.1) is 0 Å². The average Bonchev–Trinajstić information content (AvgIpc) is 2.76. The van der Waals surface area contributed by atoms with E-state index in [4.69, 9.17) is 9.15 Å². The summed E-state index contributed by atoms with van der Waals surface area (Å²) in [6.07, 6.45) is 0. The van der Waals surface area contributed by atoms with Gasteiger partial charge in [0.25, 0.3) is 0 Å². The summed E-state index contributed by atoms with van der Waals surface area (Å²) in [7, 11) is 0. The van der Waals surface area contributed by atoms with Crippen molar-refractivity contribution in [2.24, 2.45) is 0 Å². The summed E-state index contributed by atoms with van der Waals surface area (Å²) in [6.45, 7) is 2.50. The first-order chi connectivity index (χ1) is 8.61. The fourth-order valence-electron chi connectivity index (χ4n) is 1.51. The highest BCUT2D eigenvalue weighted by molar-refractivity contribution is 9.10. The van der Waals surface area contributed by atoms with Crippen LogP contribution >= 0.6 is 31.9 Å². The minimum Gasteiger partial charge on any atom is -0.494 e. The summed E-state index contributed by atoms with van der Waals surface area (Å²) >= 11 is 6.54. The van der Waals surface area contributed by atoms with Crippen LogP contribution in [0.2, 0.25) is 0 Å². The first-order valence-corrected chi connectivity index (χ1v) is 6.92. The van der Waals surface area contributed by atoms with Gasteiger partial charge in [-0.1, -0.05) is 0 Å². The van der Waals surface area contributed by atoms with Crippen molar-refractivity contribution in [3.05, 3.63) is 50.8 Å². The molecule has 2 aromatic rings. The van der Waals surface area contributed by atoms with Gasteiger partial charge in [0, 0.05) is 10.0 Å². The number of carbonyl (C=O) groups is 1. The normalized spacial score (nSPS) is 10.4. The molecule has 2 rings (SSSR count). The van der Waals surface area contributed by atoms with Gasteiger partial charge in [0.15, 0.2) is 10.4 Å². The van der Waals surface area contributed by atoms with Crippen LogP contribution in [0.4, 0.5) is 0 Å². The van der Waals surface area contributed by atoms with Crippen LogP contribution in [0.15, 0.2) is 43.9 Å². The van der Waals surface area contributed by atoms with E-state index in [0.29, 0.717) is 27.1 Å². The fraction of sp³-hybridized carbons (Fsp3) is 0.154. The lowest BCUT2D eigenvalue weighted by molar-refractivity contribution is 0.101. The summed E-state index contributed by atoms with van der Waals surface area (Å²) < 4.78 is 11.8. The summed E-state index contributed by atoms with van der Waals surface area (Å²) in [5.74, 6) is 0.851. The highest BCUT2D eigenvalue weighted by atomic mass is 79.9. The predicted molar refractivity (Wildman–Crippen MR) is 75.2 cm³/mol. The number of hydrogen-bond acceptors (Lipinski definition) is 3. The number of furan rings is 1. The van der Waals surface area contributed by atoms with E-state index in [-0.39, 0.29) is 5.78 Å². The number of hydrogen-bond donors (Lipinski definition) is 0. The van der Waals surface area contributed by atoms with Gasteiger partial charge in [0.2, 0.25) is 5.78 Å². The number of halogens is 2. The molecule has 0 unspecified atom stereocenters. The molecule has 1 aromatic heterocycles. The van der Waals surface area contributed by atoms with Crippen molar-refractivity contribution in [2.75, 3.05) is 6.61 Å². The molecule has 3 nitrogen and oxygen atoms in total. The minimum absolute atomic E-state index is 0.171. The van der Waals surface area contributed by atoms with Gasteiger partial charge in [-0.25, -0.2) is 0 Å². The molecule has 0 aliphatic heterocycles. The van der Waals surface area contributed by atoms with E-state index in [1.54, 1.807) is 30.3 Å². The first kappa shape index (κ1) is 13.4. The van der Waals surface area contributed by atoms with E-state index in [9.17, 15) is 4.79 Å². The van der Waals surface area contributed by atoms with E-state index in [1.807, 2.05) is 6.92 Å². The van der Waals surface area contributed by atoms with Crippen LogP contribution < -0.4 is 4.74 Å². The molecule has 0 saturated heterocycles. The lowest BCUT2D eigenvalue weighted by atomic mass is 10.1. The van der Waals surface area contributed by atoms with Crippen LogP contribution in [0.1, 0.15) is 23.0 Å². The quantitative estimate of drug-likeness (QED) is 0.744. The van der Waals surface area contributed by atoms with Crippen molar-refractivity contribution in [2.45, 2.75) is 6.92 Å². The Bertz CT molecular complexity index is 575. The third-order valence-corrected chi connectivity index (χ3v) is 3.38. The van der Waals surface area contributed by atoms with E-state index in [2.05, 4.69) is 31.9 Å². The fourth-order valence-corrected chi connectivity index (χ4v) is 2.35. The Labute approximate surface area is 121 Å². The van der Waals surface area contributed by atoms with Crippen molar-refractivity contribution in [3.8, 4) is 5.75 Å². The topological polar surface area (TPSA) is 39.4 Å². The molecule has 0 aliphatic carbocycles. The van der Waals surface area contributed by atoms with Gasteiger partial charge in [-0.05, 0) is 69.1 Å². The molecule has 1 heterocycles. The van der Waals surface area contributed by atoms with E-state index >= 15 is 0 Å². The predicted octanol–water partition coefficient (Wildman–Crippen LogP) is 4.43. The standard InChI is InChI=1S/C13H10Br2O3/c1-2-17-8-3-4-9(10(14)7-8)13(16)11-5-6-12(15)18-11/h3-7H,2H2,1H3. The zero-order chi connectivity index (χ0) is 13.1. The highest BCUT2D eigenvalue weighted by Crippen LogP contribution is 2.26. The monoisotopic (exact) mass is 372 g/mol. The Balaban J connectivity index is 2.31. The van der Waals surface area contributed by atoms with Gasteiger partial charge in [-0.2, -0.15) is 0 Å². The van der Waals surface area contributed by atoms with Crippen molar-refractivity contribution >= 4 is 37.6 Å². The molecule has 5 heteroatoms. The van der Waals surface area contributed by atoms with Crippen LogP contribution in [0.3, 0.4) is 0 Å². The molecule has 0 fully saturated rings. The molecule has 0 bridgehead atoms. The molecule has 0 amide bonds. The van der Waals surface area contributed by atoms with Gasteiger partial charge >= 0.3 is 0 Å². The van der Waals surface area contributed by atoms with E-state index in [1.165, 1.54) is 0 Å². The maximum absolute atomic E-state index is 12.2. The molecule has 0 radical (unpaired) electrons. The van der Waals surface area contributed by atoms with Crippen LogP contribution in [-0.2, 0) is 0 Å². The number of rotatable bonds is 4. The largest absolute Gasteiger partial charge is 0.494 e. The van der Waals surface area contributed by atoms with Gasteiger partial charge in [-0.15, -0.1) is 0 Å². The number of benzene rings is 1. The molecule has 0 saturated carbocycles. The molecule has 94 valence electrons. The SMILES string of the molecule is CCOc1ccc(C(=O)c2ccc(Br)o2)c(Br)c1. The van der Waals surface area contributed by atoms with Crippen LogP contribution in [0.5, 0.6) is 5.75 Å². The maximum atomic E-state index is 12.2. The van der Waals surface area contributed by atoms with Gasteiger partial charge < -0.3 is 9.15 Å². The molecule has 0 aliphatic rings. The summed E-state index contributed by atoms with van der Waals surface area (Å²) in [4.78, 5) is 12.2. The lowest BCUT2D eigenvalue weighted by Crippen LogP contribution is -2.01. The average molecular weight is 374 g/mol. The molecular weight excluding hydrogens is 364 g/mol. The second kappa shape index (κ2) is 5.71. The zero-order valence-electron chi connectivity index (χ0n) is 9.57. The Hall–Kier alpha value is -1.07. The molecular formula is C13H10Br2O3. The molecule has 1 aromatic carbocycles. The smallest absolute Gasteiger partial charge is 0.229 e. The summed E-state index contributed by atoms with van der Waals surface area (Å²) in [5, 5.41) is 0. The second-order valence-corrected chi connectivity index (χ2v) is 5.14. The van der Waals surface area contributed by atoms with E-state index < -0.39 is 0 Å². The van der Waals surface area contributed by atoms with E-state index in [0.717, 1.165) is 5.75 Å². The Kier molecular flexibility index (Phi) is 4.24. The van der Waals surface area contributed by atoms with Gasteiger partial charge in [0.05, 0.1) is 6.61 Å². The molecule has 0 spiro atoms. The third-order valence-electron chi connectivity index (χ3n) is 2.29. The first-order valence-electron chi connectivity index (χ1n) is 5.34. The highest BCUT2D eigenvalue weighted by Gasteiger charge is 2.16. The maximum Gasteiger partial charge on any atom is 0.229 e. The molecule has 0 N–H and O–H groups in total. The van der Waals surface area contributed by atoms with Crippen LogP contribution in [0.25, 0.3) is 0 Å². The molecule has 0 atom stereocenters. The second-order valence-electron chi connectivity index (χ2n) is 3.51. The van der Waals surface area contributed by atoms with Crippen molar-refractivity contribution in [3.63, 3.8) is 0 Å². The van der Waals surface area contributed by atoms with Crippen molar-refractivity contribution in [1.82, 2.24) is 0 Å². The van der Waals surface area contributed by atoms with Gasteiger partial charge in [-0.3, -0.25) is 4.79 Å². The Morgan fingerprint density at radius 3 is 2.61 bits per heavy atom. The number of carbonyl (C=O) groups excluding carboxylic acids is 1. The molecule has 18 heavy (non-hydrogen) atoms. The van der Waals surface area contributed by atoms with Gasteiger partial charge in [0.1, 0.15) is 5.75 Å². The Morgan fingerprint density at radius 1 is 1.28 bits per heavy atom. The minimum atomic E-state index is -0.171. The van der Waals surface area contributed by atoms with Crippen LogP contribution in [-0.4, -0.2) is 12.4 Å². The van der Waals surface area contributed by atoms with Crippen molar-refractivity contribution in [1.29, 1.82) is 0 Å².